The summed E-state index contributed by atoms with van der Waals surface area (Å²) in [5.74, 6) is 0.212. The molecule has 0 radical (unpaired) electrons. The van der Waals surface area contributed by atoms with Gasteiger partial charge < -0.3 is 11.1 Å². The minimum Gasteiger partial charge on any atom is -0.369 e. The molecular weight excluding hydrogens is 462 g/mol. The third-order valence-electron chi connectivity index (χ3n) is 8.56. The number of nitrogens with one attached hydrogen (secondary N) is 2. The molecule has 5 aliphatic rings. The summed E-state index contributed by atoms with van der Waals surface area (Å²) in [4.78, 5) is 26.3. The maximum atomic E-state index is 13.9. The number of hydrogen-bond acceptors (Lipinski definition) is 4. The molecule has 2 atom stereocenters. The first-order valence-corrected chi connectivity index (χ1v) is 13.8. The standard InChI is InChI=1S/C24H32ClN3O4S/c25-18-6-2-3-7-19(18)33(31,32)28-24(8-4-1-5-9-24)21(30)27-23-13-16-10-17(14-23)12-22(11-16,15-23)20(26)29/h2-3,6-7,16-17,28H,1,4-5,8-15H2,(H2,26,29)(H,27,30). The smallest absolute Gasteiger partial charge is 0.243 e. The van der Waals surface area contributed by atoms with Crippen LogP contribution in [0.3, 0.4) is 0 Å². The second kappa shape index (κ2) is 7.95. The van der Waals surface area contributed by atoms with Gasteiger partial charge in [0, 0.05) is 5.54 Å². The number of hydrogen-bond donors (Lipinski definition) is 3. The first-order valence-electron chi connectivity index (χ1n) is 12.0. The number of primary amides is 1. The molecule has 0 aromatic heterocycles. The van der Waals surface area contributed by atoms with Crippen molar-refractivity contribution in [2.75, 3.05) is 0 Å². The summed E-state index contributed by atoms with van der Waals surface area (Å²) in [6.45, 7) is 0. The molecule has 5 aliphatic carbocycles. The van der Waals surface area contributed by atoms with E-state index in [4.69, 9.17) is 17.3 Å². The van der Waals surface area contributed by atoms with Gasteiger partial charge in [-0.3, -0.25) is 9.59 Å². The molecular formula is C24H32ClN3O4S. The van der Waals surface area contributed by atoms with Crippen molar-refractivity contribution in [3.63, 3.8) is 0 Å². The Morgan fingerprint density at radius 3 is 2.24 bits per heavy atom. The molecule has 2 amide bonds. The van der Waals surface area contributed by atoms with Crippen LogP contribution in [0.25, 0.3) is 0 Å². The van der Waals surface area contributed by atoms with Crippen LogP contribution in [0, 0.1) is 17.3 Å². The summed E-state index contributed by atoms with van der Waals surface area (Å²) in [5, 5.41) is 3.42. The van der Waals surface area contributed by atoms with Crippen LogP contribution < -0.4 is 15.8 Å². The maximum absolute atomic E-state index is 13.9. The zero-order valence-electron chi connectivity index (χ0n) is 18.7. The Labute approximate surface area is 200 Å². The molecule has 180 valence electrons. The second-order valence-electron chi connectivity index (χ2n) is 11.0. The molecule has 0 heterocycles. The Bertz CT molecular complexity index is 1070. The Morgan fingerprint density at radius 2 is 1.64 bits per heavy atom. The van der Waals surface area contributed by atoms with E-state index in [1.165, 1.54) is 12.1 Å². The third kappa shape index (κ3) is 3.98. The average Bonchev–Trinajstić information content (AvgIpc) is 2.73. The van der Waals surface area contributed by atoms with Crippen LogP contribution in [0.2, 0.25) is 5.02 Å². The van der Waals surface area contributed by atoms with Crippen molar-refractivity contribution in [2.45, 2.75) is 86.6 Å². The van der Waals surface area contributed by atoms with Crippen LogP contribution in [0.15, 0.2) is 29.2 Å². The van der Waals surface area contributed by atoms with Gasteiger partial charge in [0.05, 0.1) is 10.4 Å². The van der Waals surface area contributed by atoms with Crippen LogP contribution in [0.4, 0.5) is 0 Å². The van der Waals surface area contributed by atoms with Crippen molar-refractivity contribution in [1.82, 2.24) is 10.0 Å². The molecule has 33 heavy (non-hydrogen) atoms. The van der Waals surface area contributed by atoms with Crippen molar-refractivity contribution in [2.24, 2.45) is 23.0 Å². The second-order valence-corrected chi connectivity index (χ2v) is 13.1. The summed E-state index contributed by atoms with van der Waals surface area (Å²) in [6.07, 6.45) is 8.28. The molecule has 1 aromatic rings. The normalized spacial score (nSPS) is 34.7. The van der Waals surface area contributed by atoms with Gasteiger partial charge in [-0.25, -0.2) is 8.42 Å². The first kappa shape index (κ1) is 23.1. The number of sulfonamides is 1. The molecule has 5 saturated carbocycles. The van der Waals surface area contributed by atoms with Crippen LogP contribution in [-0.4, -0.2) is 31.3 Å². The van der Waals surface area contributed by atoms with Gasteiger partial charge in [-0.1, -0.05) is 43.0 Å². The van der Waals surface area contributed by atoms with Crippen LogP contribution in [0.5, 0.6) is 0 Å². The lowest BCUT2D eigenvalue weighted by Gasteiger charge is -2.61. The topological polar surface area (TPSA) is 118 Å². The summed E-state index contributed by atoms with van der Waals surface area (Å²) in [7, 11) is -4.00. The number of carbonyl (C=O) groups is 2. The van der Waals surface area contributed by atoms with Gasteiger partial charge in [0.2, 0.25) is 21.8 Å². The van der Waals surface area contributed by atoms with E-state index in [9.17, 15) is 18.0 Å². The van der Waals surface area contributed by atoms with Crippen molar-refractivity contribution >= 4 is 33.4 Å². The van der Waals surface area contributed by atoms with Gasteiger partial charge in [0.1, 0.15) is 10.4 Å². The number of halogens is 1. The summed E-state index contributed by atoms with van der Waals surface area (Å²) >= 11 is 6.18. The number of benzene rings is 1. The predicted molar refractivity (Wildman–Crippen MR) is 125 cm³/mol. The molecule has 9 heteroatoms. The molecule has 5 fully saturated rings. The quantitative estimate of drug-likeness (QED) is 0.563. The van der Waals surface area contributed by atoms with Crippen molar-refractivity contribution in [3.05, 3.63) is 29.3 Å². The summed E-state index contributed by atoms with van der Waals surface area (Å²) in [5.41, 5.74) is 3.60. The minimum atomic E-state index is -4.00. The van der Waals surface area contributed by atoms with Crippen LogP contribution in [-0.2, 0) is 19.6 Å². The zero-order valence-corrected chi connectivity index (χ0v) is 20.3. The molecule has 4 bridgehead atoms. The highest BCUT2D eigenvalue weighted by molar-refractivity contribution is 7.89. The Balaban J connectivity index is 1.44. The van der Waals surface area contributed by atoms with Crippen molar-refractivity contribution < 1.29 is 18.0 Å². The SMILES string of the molecule is NC(=O)C12CC3CC(CC(NC(=O)C4(NS(=O)(=O)c5ccccc5Cl)CCCCC4)(C3)C1)C2. The van der Waals surface area contributed by atoms with Gasteiger partial charge in [-0.2, -0.15) is 4.72 Å². The largest absolute Gasteiger partial charge is 0.369 e. The van der Waals surface area contributed by atoms with Gasteiger partial charge >= 0.3 is 0 Å². The van der Waals surface area contributed by atoms with Crippen LogP contribution in [0.1, 0.15) is 70.6 Å². The molecule has 4 N–H and O–H groups in total. The van der Waals surface area contributed by atoms with Gasteiger partial charge in [-0.05, 0) is 75.3 Å². The molecule has 2 unspecified atom stereocenters. The molecule has 6 rings (SSSR count). The van der Waals surface area contributed by atoms with E-state index >= 15 is 0 Å². The number of amides is 2. The fraction of sp³-hybridized carbons (Fsp3) is 0.667. The maximum Gasteiger partial charge on any atom is 0.243 e. The average molecular weight is 494 g/mol. The Morgan fingerprint density at radius 1 is 1.00 bits per heavy atom. The van der Waals surface area contributed by atoms with Gasteiger partial charge in [0.25, 0.3) is 0 Å². The lowest BCUT2D eigenvalue weighted by atomic mass is 9.46. The Hall–Kier alpha value is -1.64. The van der Waals surface area contributed by atoms with E-state index in [0.717, 1.165) is 51.4 Å². The highest BCUT2D eigenvalue weighted by Crippen LogP contribution is 2.61. The number of nitrogens with two attached hydrogens (primary N) is 1. The predicted octanol–water partition coefficient (Wildman–Crippen LogP) is 3.26. The first-order chi connectivity index (χ1) is 15.6. The molecule has 1 aromatic carbocycles. The minimum absolute atomic E-state index is 0.0214. The number of rotatable bonds is 6. The molecule has 0 saturated heterocycles. The summed E-state index contributed by atoms with van der Waals surface area (Å²) < 4.78 is 29.4. The fourth-order valence-electron chi connectivity index (χ4n) is 7.56. The van der Waals surface area contributed by atoms with E-state index in [1.54, 1.807) is 12.1 Å². The summed E-state index contributed by atoms with van der Waals surface area (Å²) in [6, 6.07) is 6.27. The third-order valence-corrected chi connectivity index (χ3v) is 10.6. The molecule has 0 spiro atoms. The monoisotopic (exact) mass is 493 g/mol. The molecule has 7 nitrogen and oxygen atoms in total. The van der Waals surface area contributed by atoms with Gasteiger partial charge in [-0.15, -0.1) is 0 Å². The van der Waals surface area contributed by atoms with Crippen LogP contribution >= 0.6 is 11.6 Å². The van der Waals surface area contributed by atoms with E-state index in [-0.39, 0.29) is 21.7 Å². The lowest BCUT2D eigenvalue weighted by molar-refractivity contribution is -0.152. The van der Waals surface area contributed by atoms with Crippen molar-refractivity contribution in [3.8, 4) is 0 Å². The van der Waals surface area contributed by atoms with Crippen molar-refractivity contribution in [1.29, 1.82) is 0 Å². The zero-order chi connectivity index (χ0) is 23.5. The highest BCUT2D eigenvalue weighted by Gasteiger charge is 2.61. The fourth-order valence-corrected chi connectivity index (χ4v) is 9.51. The highest BCUT2D eigenvalue weighted by atomic mass is 35.5. The van der Waals surface area contributed by atoms with E-state index < -0.39 is 26.5 Å². The lowest BCUT2D eigenvalue weighted by Crippen LogP contribution is -2.69. The van der Waals surface area contributed by atoms with E-state index in [2.05, 4.69) is 10.0 Å². The molecule has 0 aliphatic heterocycles. The number of carbonyl (C=O) groups excluding carboxylic acids is 2. The van der Waals surface area contributed by atoms with Gasteiger partial charge in [0.15, 0.2) is 0 Å². The van der Waals surface area contributed by atoms with E-state index in [1.807, 2.05) is 0 Å². The Kier molecular flexibility index (Phi) is 5.57. The van der Waals surface area contributed by atoms with E-state index in [0.29, 0.717) is 31.1 Å².